The van der Waals surface area contributed by atoms with Crippen molar-refractivity contribution in [3.8, 4) is 11.5 Å². The Hall–Kier alpha value is -3.02. The van der Waals surface area contributed by atoms with E-state index in [1.807, 2.05) is 54.6 Å². The molecule has 0 bridgehead atoms. The van der Waals surface area contributed by atoms with E-state index in [1.165, 1.54) is 0 Å². The fourth-order valence-electron chi connectivity index (χ4n) is 3.25. The minimum absolute atomic E-state index is 0.0108. The van der Waals surface area contributed by atoms with Crippen molar-refractivity contribution < 1.29 is 14.3 Å². The largest absolute Gasteiger partial charge is 0.457 e. The van der Waals surface area contributed by atoms with Crippen LogP contribution >= 0.6 is 0 Å². The molecule has 1 aliphatic heterocycles. The molecule has 148 valence electrons. The lowest BCUT2D eigenvalue weighted by molar-refractivity contribution is -0.126. The number of rotatable bonds is 5. The number of hydrogen-bond donors (Lipinski definition) is 1. The van der Waals surface area contributed by atoms with Crippen molar-refractivity contribution in [3.05, 3.63) is 60.2 Å². The average Bonchev–Trinajstić information content (AvgIpc) is 2.73. The SMILES string of the molecule is CN(C)C(=O)N1CCC(C(=O)NCc2ccc(Oc3ccccc3)cc2)CC1. The predicted octanol–water partition coefficient (Wildman–Crippen LogP) is 3.49. The Morgan fingerprint density at radius 3 is 2.21 bits per heavy atom. The number of para-hydroxylation sites is 1. The molecule has 1 saturated heterocycles. The molecule has 0 saturated carbocycles. The zero-order valence-electron chi connectivity index (χ0n) is 16.4. The van der Waals surface area contributed by atoms with E-state index in [0.29, 0.717) is 32.5 Å². The summed E-state index contributed by atoms with van der Waals surface area (Å²) in [6.07, 6.45) is 1.41. The van der Waals surface area contributed by atoms with Gasteiger partial charge in [-0.2, -0.15) is 0 Å². The molecule has 28 heavy (non-hydrogen) atoms. The predicted molar refractivity (Wildman–Crippen MR) is 108 cm³/mol. The summed E-state index contributed by atoms with van der Waals surface area (Å²) >= 11 is 0. The van der Waals surface area contributed by atoms with Crippen molar-refractivity contribution in [2.75, 3.05) is 27.2 Å². The van der Waals surface area contributed by atoms with Crippen LogP contribution in [0.3, 0.4) is 0 Å². The maximum atomic E-state index is 12.4. The lowest BCUT2D eigenvalue weighted by Gasteiger charge is -2.33. The maximum Gasteiger partial charge on any atom is 0.319 e. The van der Waals surface area contributed by atoms with Gasteiger partial charge >= 0.3 is 6.03 Å². The Balaban J connectivity index is 1.44. The van der Waals surface area contributed by atoms with E-state index in [2.05, 4.69) is 5.32 Å². The van der Waals surface area contributed by atoms with Gasteiger partial charge in [-0.25, -0.2) is 4.79 Å². The Morgan fingerprint density at radius 2 is 1.61 bits per heavy atom. The first-order valence-electron chi connectivity index (χ1n) is 9.58. The summed E-state index contributed by atoms with van der Waals surface area (Å²) in [4.78, 5) is 27.8. The van der Waals surface area contributed by atoms with Gasteiger partial charge in [0.25, 0.3) is 0 Å². The van der Waals surface area contributed by atoms with Crippen LogP contribution < -0.4 is 10.1 Å². The van der Waals surface area contributed by atoms with Crippen LogP contribution in [0.25, 0.3) is 0 Å². The van der Waals surface area contributed by atoms with E-state index in [-0.39, 0.29) is 17.9 Å². The standard InChI is InChI=1S/C22H27N3O3/c1-24(2)22(27)25-14-12-18(13-15-25)21(26)23-16-17-8-10-20(11-9-17)28-19-6-4-3-5-7-19/h3-11,18H,12-16H2,1-2H3,(H,23,26). The molecule has 0 atom stereocenters. The van der Waals surface area contributed by atoms with Gasteiger partial charge in [0.05, 0.1) is 0 Å². The molecule has 0 unspecified atom stereocenters. The summed E-state index contributed by atoms with van der Waals surface area (Å²) in [6.45, 7) is 1.74. The summed E-state index contributed by atoms with van der Waals surface area (Å²) in [6, 6.07) is 17.4. The maximum absolute atomic E-state index is 12.4. The molecule has 1 fully saturated rings. The van der Waals surface area contributed by atoms with Crippen LogP contribution in [0.2, 0.25) is 0 Å². The first kappa shape index (κ1) is 19.7. The van der Waals surface area contributed by atoms with E-state index in [0.717, 1.165) is 17.1 Å². The van der Waals surface area contributed by atoms with E-state index >= 15 is 0 Å². The second-order valence-corrected chi connectivity index (χ2v) is 7.22. The van der Waals surface area contributed by atoms with Gasteiger partial charge in [0.15, 0.2) is 0 Å². The minimum atomic E-state index is -0.0353. The third-order valence-corrected chi connectivity index (χ3v) is 4.89. The lowest BCUT2D eigenvalue weighted by atomic mass is 9.96. The number of ether oxygens (including phenoxy) is 1. The number of carbonyl (C=O) groups excluding carboxylic acids is 2. The lowest BCUT2D eigenvalue weighted by Crippen LogP contribution is -2.46. The average molecular weight is 381 g/mol. The fourth-order valence-corrected chi connectivity index (χ4v) is 3.25. The molecular formula is C22H27N3O3. The number of benzene rings is 2. The molecule has 0 radical (unpaired) electrons. The molecule has 2 aromatic carbocycles. The number of hydrogen-bond acceptors (Lipinski definition) is 3. The van der Waals surface area contributed by atoms with E-state index in [9.17, 15) is 9.59 Å². The summed E-state index contributed by atoms with van der Waals surface area (Å²) in [5.41, 5.74) is 1.02. The molecule has 1 N–H and O–H groups in total. The molecule has 2 aromatic rings. The van der Waals surface area contributed by atoms with Crippen molar-refractivity contribution in [1.29, 1.82) is 0 Å². The molecule has 0 spiro atoms. The highest BCUT2D eigenvalue weighted by molar-refractivity contribution is 5.79. The number of piperidine rings is 1. The number of urea groups is 1. The molecule has 3 amide bonds. The Labute approximate surface area is 166 Å². The molecular weight excluding hydrogens is 354 g/mol. The minimum Gasteiger partial charge on any atom is -0.457 e. The van der Waals surface area contributed by atoms with Crippen LogP contribution in [-0.2, 0) is 11.3 Å². The van der Waals surface area contributed by atoms with Gasteiger partial charge in [0, 0.05) is 39.6 Å². The van der Waals surface area contributed by atoms with Gasteiger partial charge in [-0.1, -0.05) is 30.3 Å². The topological polar surface area (TPSA) is 61.9 Å². The van der Waals surface area contributed by atoms with Gasteiger partial charge < -0.3 is 19.9 Å². The molecule has 0 aromatic heterocycles. The number of nitrogens with zero attached hydrogens (tertiary/aromatic N) is 2. The molecule has 0 aliphatic carbocycles. The third-order valence-electron chi connectivity index (χ3n) is 4.89. The van der Waals surface area contributed by atoms with E-state index in [1.54, 1.807) is 23.9 Å². The number of nitrogens with one attached hydrogen (secondary N) is 1. The third kappa shape index (κ3) is 5.25. The van der Waals surface area contributed by atoms with E-state index < -0.39 is 0 Å². The van der Waals surface area contributed by atoms with Crippen LogP contribution in [-0.4, -0.2) is 48.9 Å². The zero-order chi connectivity index (χ0) is 19.9. The summed E-state index contributed by atoms with van der Waals surface area (Å²) in [7, 11) is 3.49. The first-order valence-corrected chi connectivity index (χ1v) is 9.58. The Kier molecular flexibility index (Phi) is 6.53. The summed E-state index contributed by atoms with van der Waals surface area (Å²) in [5.74, 6) is 1.58. The van der Waals surface area contributed by atoms with Gasteiger partial charge in [-0.3, -0.25) is 4.79 Å². The molecule has 1 heterocycles. The highest BCUT2D eigenvalue weighted by Crippen LogP contribution is 2.21. The van der Waals surface area contributed by atoms with Crippen molar-refractivity contribution in [2.24, 2.45) is 5.92 Å². The molecule has 6 heteroatoms. The number of carbonyl (C=O) groups is 2. The van der Waals surface area contributed by atoms with Gasteiger partial charge in [-0.15, -0.1) is 0 Å². The number of amides is 3. The normalized spacial score (nSPS) is 14.4. The van der Waals surface area contributed by atoms with Crippen LogP contribution in [0.5, 0.6) is 11.5 Å². The van der Waals surface area contributed by atoms with Crippen LogP contribution in [0.1, 0.15) is 18.4 Å². The van der Waals surface area contributed by atoms with Crippen LogP contribution in [0.4, 0.5) is 4.79 Å². The van der Waals surface area contributed by atoms with Crippen molar-refractivity contribution in [3.63, 3.8) is 0 Å². The van der Waals surface area contributed by atoms with Gasteiger partial charge in [0.2, 0.25) is 5.91 Å². The van der Waals surface area contributed by atoms with Crippen LogP contribution in [0.15, 0.2) is 54.6 Å². The summed E-state index contributed by atoms with van der Waals surface area (Å²) in [5, 5.41) is 3.01. The quantitative estimate of drug-likeness (QED) is 0.862. The Bertz CT molecular complexity index is 782. The van der Waals surface area contributed by atoms with E-state index in [4.69, 9.17) is 4.74 Å². The van der Waals surface area contributed by atoms with Crippen LogP contribution in [0, 0.1) is 5.92 Å². The summed E-state index contributed by atoms with van der Waals surface area (Å²) < 4.78 is 5.78. The number of likely N-dealkylation sites (tertiary alicyclic amines) is 1. The Morgan fingerprint density at radius 1 is 1.00 bits per heavy atom. The van der Waals surface area contributed by atoms with Crippen molar-refractivity contribution in [1.82, 2.24) is 15.1 Å². The smallest absolute Gasteiger partial charge is 0.319 e. The molecule has 3 rings (SSSR count). The van der Waals surface area contributed by atoms with Crippen molar-refractivity contribution >= 4 is 11.9 Å². The van der Waals surface area contributed by atoms with Crippen molar-refractivity contribution in [2.45, 2.75) is 19.4 Å². The van der Waals surface area contributed by atoms with Gasteiger partial charge in [-0.05, 0) is 42.7 Å². The fraction of sp³-hybridized carbons (Fsp3) is 0.364. The molecule has 6 nitrogen and oxygen atoms in total. The first-order chi connectivity index (χ1) is 13.5. The zero-order valence-corrected chi connectivity index (χ0v) is 16.4. The highest BCUT2D eigenvalue weighted by Gasteiger charge is 2.27. The highest BCUT2D eigenvalue weighted by atomic mass is 16.5. The molecule has 1 aliphatic rings. The monoisotopic (exact) mass is 381 g/mol. The second-order valence-electron chi connectivity index (χ2n) is 7.22. The second kappa shape index (κ2) is 9.26. The van der Waals surface area contributed by atoms with Gasteiger partial charge in [0.1, 0.15) is 11.5 Å².